The molecule has 0 spiro atoms. The number of para-hydroxylation sites is 2. The van der Waals surface area contributed by atoms with Crippen molar-refractivity contribution in [2.24, 2.45) is 0 Å². The highest BCUT2D eigenvalue weighted by Crippen LogP contribution is 2.50. The van der Waals surface area contributed by atoms with Crippen LogP contribution in [-0.2, 0) is 0 Å². The van der Waals surface area contributed by atoms with Crippen LogP contribution in [0.3, 0.4) is 0 Å². The standard InChI is InChI=1S/C54H33NO2S/c1-3-14-34(15-4-1)38-19-13-29-49-51(38)44-24-11-25-45(52(44)57-49)55(37-32-30-36(31-33-37)39-20-12-28-48-50(39)43-18-7-8-27-47(43)56-48)46-26-10-23-42-41-22-9-21-40(53(41)58-54(42)46)35-16-5-2-6-17-35/h1-33H. The van der Waals surface area contributed by atoms with E-state index in [2.05, 4.69) is 193 Å². The van der Waals surface area contributed by atoms with Gasteiger partial charge in [-0.2, -0.15) is 0 Å². The van der Waals surface area contributed by atoms with Gasteiger partial charge in [-0.15, -0.1) is 11.3 Å². The lowest BCUT2D eigenvalue weighted by molar-refractivity contribution is 0.668. The molecule has 9 aromatic carbocycles. The van der Waals surface area contributed by atoms with Crippen molar-refractivity contribution >= 4 is 92.4 Å². The first-order valence-electron chi connectivity index (χ1n) is 19.6. The Bertz CT molecular complexity index is 3490. The zero-order chi connectivity index (χ0) is 38.2. The molecule has 0 N–H and O–H groups in total. The number of benzene rings is 9. The fourth-order valence-electron chi connectivity index (χ4n) is 8.91. The second kappa shape index (κ2) is 13.1. The van der Waals surface area contributed by atoms with Gasteiger partial charge in [-0.05, 0) is 75.8 Å². The fourth-order valence-corrected chi connectivity index (χ4v) is 10.2. The molecule has 0 bridgehead atoms. The molecular weight excluding hydrogens is 727 g/mol. The van der Waals surface area contributed by atoms with Gasteiger partial charge in [-0.1, -0.05) is 158 Å². The first-order chi connectivity index (χ1) is 28.8. The molecular formula is C54H33NO2S. The number of fused-ring (bicyclic) bond motifs is 9. The summed E-state index contributed by atoms with van der Waals surface area (Å²) in [4.78, 5) is 2.39. The molecule has 0 saturated carbocycles. The van der Waals surface area contributed by atoms with Crippen LogP contribution in [0.5, 0.6) is 0 Å². The van der Waals surface area contributed by atoms with Crippen LogP contribution in [0.15, 0.2) is 209 Å². The smallest absolute Gasteiger partial charge is 0.159 e. The number of rotatable bonds is 6. The van der Waals surface area contributed by atoms with Gasteiger partial charge in [0.05, 0.1) is 16.1 Å². The molecule has 0 unspecified atom stereocenters. The summed E-state index contributed by atoms with van der Waals surface area (Å²) >= 11 is 1.86. The summed E-state index contributed by atoms with van der Waals surface area (Å²) in [6.45, 7) is 0. The van der Waals surface area contributed by atoms with Crippen molar-refractivity contribution in [1.29, 1.82) is 0 Å². The summed E-state index contributed by atoms with van der Waals surface area (Å²) in [5.41, 5.74) is 13.7. The Morgan fingerprint density at radius 3 is 1.57 bits per heavy atom. The van der Waals surface area contributed by atoms with Crippen LogP contribution >= 0.6 is 11.3 Å². The van der Waals surface area contributed by atoms with Crippen LogP contribution in [0.1, 0.15) is 0 Å². The molecule has 12 rings (SSSR count). The summed E-state index contributed by atoms with van der Waals surface area (Å²) < 4.78 is 15.7. The number of furan rings is 2. The van der Waals surface area contributed by atoms with Crippen molar-refractivity contribution in [2.45, 2.75) is 0 Å². The van der Waals surface area contributed by atoms with Gasteiger partial charge in [-0.3, -0.25) is 0 Å². The van der Waals surface area contributed by atoms with Gasteiger partial charge >= 0.3 is 0 Å². The minimum Gasteiger partial charge on any atom is -0.456 e. The molecule has 58 heavy (non-hydrogen) atoms. The second-order valence-electron chi connectivity index (χ2n) is 14.8. The van der Waals surface area contributed by atoms with Gasteiger partial charge in [0.15, 0.2) is 5.58 Å². The van der Waals surface area contributed by atoms with E-state index in [1.54, 1.807) is 0 Å². The summed E-state index contributed by atoms with van der Waals surface area (Å²) in [5.74, 6) is 0. The van der Waals surface area contributed by atoms with Crippen LogP contribution in [0.25, 0.3) is 97.4 Å². The molecule has 0 amide bonds. The first-order valence-corrected chi connectivity index (χ1v) is 20.4. The summed E-state index contributed by atoms with van der Waals surface area (Å²) in [5, 5.41) is 6.95. The van der Waals surface area contributed by atoms with E-state index < -0.39 is 0 Å². The molecule has 0 radical (unpaired) electrons. The van der Waals surface area contributed by atoms with Crippen molar-refractivity contribution in [3.8, 4) is 33.4 Å². The van der Waals surface area contributed by atoms with E-state index in [1.165, 1.54) is 36.9 Å². The normalized spacial score (nSPS) is 11.8. The van der Waals surface area contributed by atoms with Crippen molar-refractivity contribution < 1.29 is 8.83 Å². The molecule has 4 heteroatoms. The Kier molecular flexibility index (Phi) is 7.40. The van der Waals surface area contributed by atoms with E-state index in [1.807, 2.05) is 23.5 Å². The highest BCUT2D eigenvalue weighted by atomic mass is 32.1. The Morgan fingerprint density at radius 1 is 0.328 bits per heavy atom. The number of hydrogen-bond donors (Lipinski definition) is 0. The van der Waals surface area contributed by atoms with Crippen molar-refractivity contribution in [1.82, 2.24) is 0 Å². The van der Waals surface area contributed by atoms with Gasteiger partial charge in [-0.25, -0.2) is 0 Å². The molecule has 0 aliphatic heterocycles. The van der Waals surface area contributed by atoms with Crippen LogP contribution in [0.4, 0.5) is 17.1 Å². The average Bonchev–Trinajstić information content (AvgIpc) is 4.00. The van der Waals surface area contributed by atoms with Crippen LogP contribution in [0.2, 0.25) is 0 Å². The molecule has 0 aliphatic carbocycles. The summed E-state index contributed by atoms with van der Waals surface area (Å²) in [6, 6.07) is 71.2. The number of anilines is 3. The molecule has 0 fully saturated rings. The monoisotopic (exact) mass is 759 g/mol. The van der Waals surface area contributed by atoms with Crippen LogP contribution < -0.4 is 4.90 Å². The SMILES string of the molecule is c1ccc(-c2cccc3c2sc2c(N(c4ccc(-c5cccc6oc7ccccc7c56)cc4)c4cccc5c4oc4cccc(-c6ccccc6)c45)cccc23)cc1. The molecule has 12 aromatic rings. The Balaban J connectivity index is 1.10. The van der Waals surface area contributed by atoms with Gasteiger partial charge in [0.25, 0.3) is 0 Å². The topological polar surface area (TPSA) is 29.5 Å². The lowest BCUT2D eigenvalue weighted by atomic mass is 9.98. The fraction of sp³-hybridized carbons (Fsp3) is 0. The van der Waals surface area contributed by atoms with Gasteiger partial charge in [0.2, 0.25) is 0 Å². The maximum absolute atomic E-state index is 6.94. The maximum atomic E-state index is 6.94. The zero-order valence-corrected chi connectivity index (χ0v) is 32.0. The van der Waals surface area contributed by atoms with E-state index in [4.69, 9.17) is 8.83 Å². The lowest BCUT2D eigenvalue weighted by Crippen LogP contribution is -2.10. The third kappa shape index (κ3) is 5.05. The first kappa shape index (κ1) is 32.8. The van der Waals surface area contributed by atoms with E-state index in [-0.39, 0.29) is 0 Å². The van der Waals surface area contributed by atoms with E-state index in [9.17, 15) is 0 Å². The van der Waals surface area contributed by atoms with Crippen LogP contribution in [-0.4, -0.2) is 0 Å². The summed E-state index contributed by atoms with van der Waals surface area (Å²) in [7, 11) is 0. The average molecular weight is 760 g/mol. The van der Waals surface area contributed by atoms with Crippen molar-refractivity contribution in [3.63, 3.8) is 0 Å². The number of thiophene rings is 1. The largest absolute Gasteiger partial charge is 0.456 e. The third-order valence-corrected chi connectivity index (χ3v) is 12.8. The van der Waals surface area contributed by atoms with Crippen molar-refractivity contribution in [2.75, 3.05) is 4.90 Å². The van der Waals surface area contributed by atoms with Gasteiger partial charge in [0.1, 0.15) is 16.7 Å². The lowest BCUT2D eigenvalue weighted by Gasteiger charge is -2.26. The van der Waals surface area contributed by atoms with E-state index >= 15 is 0 Å². The molecule has 3 aromatic heterocycles. The Labute approximate surface area is 338 Å². The predicted molar refractivity (Wildman–Crippen MR) is 245 cm³/mol. The molecule has 3 nitrogen and oxygen atoms in total. The molecule has 3 heterocycles. The second-order valence-corrected chi connectivity index (χ2v) is 15.8. The third-order valence-electron chi connectivity index (χ3n) is 11.5. The van der Waals surface area contributed by atoms with E-state index in [0.29, 0.717) is 0 Å². The quantitative estimate of drug-likeness (QED) is 0.169. The highest BCUT2D eigenvalue weighted by molar-refractivity contribution is 7.27. The minimum atomic E-state index is 0.850. The van der Waals surface area contributed by atoms with Crippen molar-refractivity contribution in [3.05, 3.63) is 200 Å². The molecule has 0 aliphatic rings. The highest BCUT2D eigenvalue weighted by Gasteiger charge is 2.24. The summed E-state index contributed by atoms with van der Waals surface area (Å²) in [6.07, 6.45) is 0. The number of hydrogen-bond acceptors (Lipinski definition) is 4. The Hall–Kier alpha value is -7.40. The van der Waals surface area contributed by atoms with Gasteiger partial charge < -0.3 is 13.7 Å². The Morgan fingerprint density at radius 2 is 0.828 bits per heavy atom. The zero-order valence-electron chi connectivity index (χ0n) is 31.2. The van der Waals surface area contributed by atoms with Gasteiger partial charge in [0, 0.05) is 42.7 Å². The minimum absolute atomic E-state index is 0.850. The predicted octanol–water partition coefficient (Wildman–Crippen LogP) is 16.3. The number of nitrogens with zero attached hydrogens (tertiary/aromatic N) is 1. The van der Waals surface area contributed by atoms with Crippen LogP contribution in [0, 0.1) is 0 Å². The maximum Gasteiger partial charge on any atom is 0.159 e. The molecule has 0 saturated heterocycles. The molecule has 272 valence electrons. The van der Waals surface area contributed by atoms with E-state index in [0.717, 1.165) is 77.6 Å². The molecule has 0 atom stereocenters.